The zero-order chi connectivity index (χ0) is 9.19. The third kappa shape index (κ3) is 2.11. The summed E-state index contributed by atoms with van der Waals surface area (Å²) in [5.41, 5.74) is 0.352. The van der Waals surface area contributed by atoms with E-state index in [0.29, 0.717) is 10.2 Å². The van der Waals surface area contributed by atoms with Crippen LogP contribution in [0.4, 0.5) is 0 Å². The van der Waals surface area contributed by atoms with Crippen molar-refractivity contribution in [3.05, 3.63) is 22.4 Å². The van der Waals surface area contributed by atoms with Crippen LogP contribution in [0.3, 0.4) is 0 Å². The van der Waals surface area contributed by atoms with Gasteiger partial charge in [0.2, 0.25) is 0 Å². The van der Waals surface area contributed by atoms with Gasteiger partial charge < -0.3 is 0 Å². The van der Waals surface area contributed by atoms with Gasteiger partial charge in [0.15, 0.2) is 0 Å². The molecule has 1 rings (SSSR count). The van der Waals surface area contributed by atoms with E-state index in [9.17, 15) is 0 Å². The summed E-state index contributed by atoms with van der Waals surface area (Å²) in [4.78, 5) is 1.93. The van der Waals surface area contributed by atoms with Crippen LogP contribution in [0.2, 0.25) is 0 Å². The molecule has 0 N–H and O–H groups in total. The van der Waals surface area contributed by atoms with Gasteiger partial charge in [0, 0.05) is 4.88 Å². The summed E-state index contributed by atoms with van der Waals surface area (Å²) < 4.78 is 0. The Morgan fingerprint density at radius 3 is 2.67 bits per heavy atom. The van der Waals surface area contributed by atoms with Crippen molar-refractivity contribution in [1.29, 1.82) is 0 Å². The van der Waals surface area contributed by atoms with E-state index in [1.54, 1.807) is 0 Å². The number of alkyl halides is 1. The van der Waals surface area contributed by atoms with Gasteiger partial charge in [0.1, 0.15) is 0 Å². The molecular weight excluding hydrogens is 232 g/mol. The van der Waals surface area contributed by atoms with Gasteiger partial charge in [-0.3, -0.25) is 0 Å². The Bertz CT molecular complexity index is 226. The monoisotopic (exact) mass is 246 g/mol. The third-order valence-corrected chi connectivity index (χ3v) is 5.36. The fourth-order valence-corrected chi connectivity index (χ4v) is 2.71. The zero-order valence-electron chi connectivity index (χ0n) is 7.80. The minimum atomic E-state index is 0.352. The maximum atomic E-state index is 3.76. The second kappa shape index (κ2) is 3.93. The molecule has 0 fully saturated rings. The topological polar surface area (TPSA) is 0 Å². The maximum absolute atomic E-state index is 3.76. The first-order chi connectivity index (χ1) is 5.58. The molecule has 0 saturated heterocycles. The van der Waals surface area contributed by atoms with E-state index in [4.69, 9.17) is 0 Å². The smallest absolute Gasteiger partial charge is 0.0539 e. The Balaban J connectivity index is 2.78. The van der Waals surface area contributed by atoms with Crippen LogP contribution < -0.4 is 0 Å². The van der Waals surface area contributed by atoms with Gasteiger partial charge in [0.25, 0.3) is 0 Å². The second-order valence-electron chi connectivity index (χ2n) is 3.72. The molecule has 1 atom stereocenters. The van der Waals surface area contributed by atoms with Crippen LogP contribution in [0.1, 0.15) is 36.9 Å². The van der Waals surface area contributed by atoms with Crippen molar-refractivity contribution in [3.8, 4) is 0 Å². The summed E-state index contributed by atoms with van der Waals surface area (Å²) >= 11 is 5.58. The number of hydrogen-bond acceptors (Lipinski definition) is 1. The summed E-state index contributed by atoms with van der Waals surface area (Å²) in [6, 6.07) is 4.31. The minimum absolute atomic E-state index is 0.352. The number of thiophene rings is 1. The van der Waals surface area contributed by atoms with Crippen LogP contribution in [0.5, 0.6) is 0 Å². The first kappa shape index (κ1) is 10.3. The molecular formula is C10H15BrS. The Morgan fingerprint density at radius 2 is 2.25 bits per heavy atom. The quantitative estimate of drug-likeness (QED) is 0.683. The number of rotatable bonds is 3. The fraction of sp³-hybridized carbons (Fsp3) is 0.600. The van der Waals surface area contributed by atoms with Crippen molar-refractivity contribution in [2.75, 3.05) is 0 Å². The molecule has 1 unspecified atom stereocenters. The first-order valence-corrected chi connectivity index (χ1v) is 6.05. The molecule has 0 radical (unpaired) electrons. The van der Waals surface area contributed by atoms with Gasteiger partial charge in [0.05, 0.1) is 4.83 Å². The molecule has 1 aromatic heterocycles. The Morgan fingerprint density at radius 1 is 1.58 bits per heavy atom. The van der Waals surface area contributed by atoms with E-state index in [1.165, 1.54) is 11.3 Å². The van der Waals surface area contributed by atoms with Crippen LogP contribution >= 0.6 is 27.3 Å². The highest BCUT2D eigenvalue weighted by atomic mass is 79.9. The normalized spacial score (nSPS) is 14.7. The molecule has 0 nitrogen and oxygen atoms in total. The molecule has 0 bridgehead atoms. The highest BCUT2D eigenvalue weighted by Crippen LogP contribution is 2.44. The maximum Gasteiger partial charge on any atom is 0.0539 e. The highest BCUT2D eigenvalue weighted by Gasteiger charge is 2.27. The van der Waals surface area contributed by atoms with Gasteiger partial charge >= 0.3 is 0 Å². The van der Waals surface area contributed by atoms with Crippen LogP contribution in [0, 0.1) is 5.41 Å². The fourth-order valence-electron chi connectivity index (χ4n) is 1.000. The predicted octanol–water partition coefficient (Wildman–Crippen LogP) is 4.62. The minimum Gasteiger partial charge on any atom is -0.148 e. The molecule has 0 saturated carbocycles. The second-order valence-corrected chi connectivity index (χ2v) is 5.62. The van der Waals surface area contributed by atoms with E-state index in [0.717, 1.165) is 0 Å². The van der Waals surface area contributed by atoms with Crippen LogP contribution in [0.15, 0.2) is 17.5 Å². The Kier molecular flexibility index (Phi) is 3.36. The van der Waals surface area contributed by atoms with Crippen molar-refractivity contribution in [2.24, 2.45) is 5.41 Å². The highest BCUT2D eigenvalue weighted by molar-refractivity contribution is 9.09. The van der Waals surface area contributed by atoms with Crippen molar-refractivity contribution in [3.63, 3.8) is 0 Å². The van der Waals surface area contributed by atoms with Crippen molar-refractivity contribution < 1.29 is 0 Å². The molecule has 0 aliphatic carbocycles. The lowest BCUT2D eigenvalue weighted by Gasteiger charge is -2.28. The number of halogens is 1. The van der Waals surface area contributed by atoms with Crippen LogP contribution in [0.25, 0.3) is 0 Å². The predicted molar refractivity (Wildman–Crippen MR) is 60.1 cm³/mol. The van der Waals surface area contributed by atoms with Crippen molar-refractivity contribution >= 4 is 27.3 Å². The lowest BCUT2D eigenvalue weighted by molar-refractivity contribution is 0.348. The molecule has 0 aliphatic heterocycles. The molecule has 2 heteroatoms. The average Bonchev–Trinajstić information content (AvgIpc) is 2.55. The lowest BCUT2D eigenvalue weighted by Crippen LogP contribution is -2.15. The Hall–Kier alpha value is 0.180. The SMILES string of the molecule is CCC(C)(C)C(Br)c1cccs1. The first-order valence-electron chi connectivity index (χ1n) is 4.25. The lowest BCUT2D eigenvalue weighted by atomic mass is 9.86. The van der Waals surface area contributed by atoms with Crippen molar-refractivity contribution in [1.82, 2.24) is 0 Å². The van der Waals surface area contributed by atoms with E-state index in [1.807, 2.05) is 11.3 Å². The summed E-state index contributed by atoms with van der Waals surface area (Å²) in [6.45, 7) is 6.83. The van der Waals surface area contributed by atoms with Crippen molar-refractivity contribution in [2.45, 2.75) is 32.0 Å². The van der Waals surface area contributed by atoms with E-state index < -0.39 is 0 Å². The molecule has 0 amide bonds. The summed E-state index contributed by atoms with van der Waals surface area (Å²) in [5, 5.41) is 2.13. The van der Waals surface area contributed by atoms with Gasteiger partial charge in [-0.1, -0.05) is 42.8 Å². The molecule has 1 heterocycles. The molecule has 0 aromatic carbocycles. The number of hydrogen-bond donors (Lipinski definition) is 0. The van der Waals surface area contributed by atoms with Crippen LogP contribution in [-0.4, -0.2) is 0 Å². The average molecular weight is 247 g/mol. The Labute approximate surface area is 87.1 Å². The largest absolute Gasteiger partial charge is 0.148 e. The summed E-state index contributed by atoms with van der Waals surface area (Å²) in [6.07, 6.45) is 1.20. The van der Waals surface area contributed by atoms with E-state index in [-0.39, 0.29) is 0 Å². The molecule has 12 heavy (non-hydrogen) atoms. The molecule has 0 spiro atoms. The summed E-state index contributed by atoms with van der Waals surface area (Å²) in [7, 11) is 0. The van der Waals surface area contributed by atoms with E-state index >= 15 is 0 Å². The van der Waals surface area contributed by atoms with Crippen LogP contribution in [-0.2, 0) is 0 Å². The van der Waals surface area contributed by atoms with Gasteiger partial charge in [-0.25, -0.2) is 0 Å². The van der Waals surface area contributed by atoms with Gasteiger partial charge in [-0.2, -0.15) is 0 Å². The third-order valence-electron chi connectivity index (χ3n) is 2.39. The van der Waals surface area contributed by atoms with E-state index in [2.05, 4.69) is 54.2 Å². The molecule has 0 aliphatic rings. The molecule has 68 valence electrons. The molecule has 1 aromatic rings. The summed E-state index contributed by atoms with van der Waals surface area (Å²) in [5.74, 6) is 0. The van der Waals surface area contributed by atoms with Gasteiger partial charge in [-0.15, -0.1) is 11.3 Å². The van der Waals surface area contributed by atoms with Gasteiger partial charge in [-0.05, 0) is 23.3 Å². The standard InChI is InChI=1S/C10H15BrS/c1-4-10(2,3)9(11)8-6-5-7-12-8/h5-7,9H,4H2,1-3H3. The zero-order valence-corrected chi connectivity index (χ0v) is 10.2.